The van der Waals surface area contributed by atoms with Gasteiger partial charge in [0.05, 0.1) is 21.4 Å². The summed E-state index contributed by atoms with van der Waals surface area (Å²) in [5.41, 5.74) is 0.870. The van der Waals surface area contributed by atoms with E-state index in [1.54, 1.807) is 18.2 Å². The lowest BCUT2D eigenvalue weighted by Gasteiger charge is -2.12. The Morgan fingerprint density at radius 1 is 1.07 bits per heavy atom. The molecule has 10 heteroatoms. The van der Waals surface area contributed by atoms with Gasteiger partial charge >= 0.3 is 5.97 Å². The zero-order chi connectivity index (χ0) is 20.9. The fraction of sp³-hybridized carbons (Fsp3) is 0.222. The lowest BCUT2D eigenvalue weighted by Crippen LogP contribution is -2.23. The van der Waals surface area contributed by atoms with Gasteiger partial charge in [-0.05, 0) is 35.9 Å². The molecule has 2 aromatic carbocycles. The van der Waals surface area contributed by atoms with E-state index in [1.165, 1.54) is 38.4 Å². The van der Waals surface area contributed by atoms with Crippen LogP contribution in [0.4, 0.5) is 5.69 Å². The third kappa shape index (κ3) is 5.93. The molecular weight excluding hydrogens is 427 g/mol. The average molecular weight is 445 g/mol. The smallest absolute Gasteiger partial charge is 0.310 e. The molecule has 0 heterocycles. The Balaban J connectivity index is 1.92. The summed E-state index contributed by atoms with van der Waals surface area (Å²) in [7, 11) is -0.804. The second-order valence-corrected chi connectivity index (χ2v) is 8.92. The highest BCUT2D eigenvalue weighted by atomic mass is 35.5. The Bertz CT molecular complexity index is 993. The minimum Gasteiger partial charge on any atom is -0.455 e. The number of ether oxygens (including phenoxy) is 1. The number of halogens is 2. The maximum atomic E-state index is 12.1. The first kappa shape index (κ1) is 22.2. The Labute approximate surface area is 173 Å². The van der Waals surface area contributed by atoms with E-state index in [9.17, 15) is 18.0 Å². The van der Waals surface area contributed by atoms with E-state index in [0.29, 0.717) is 15.6 Å². The van der Waals surface area contributed by atoms with Crippen molar-refractivity contribution in [3.8, 4) is 0 Å². The summed E-state index contributed by atoms with van der Waals surface area (Å²) in [6, 6.07) is 10.5. The molecule has 0 aromatic heterocycles. The SMILES string of the molecule is CN(C)S(=O)(=O)c1cccc(NC(=O)COC(=O)Cc2ccc(Cl)c(Cl)c2)c1. The molecule has 0 unspecified atom stereocenters. The molecule has 2 aromatic rings. The second kappa shape index (κ2) is 9.38. The van der Waals surface area contributed by atoms with Gasteiger partial charge in [0.15, 0.2) is 6.61 Å². The van der Waals surface area contributed by atoms with Crippen molar-refractivity contribution >= 4 is 50.8 Å². The zero-order valence-electron chi connectivity index (χ0n) is 15.1. The van der Waals surface area contributed by atoms with Crippen LogP contribution >= 0.6 is 23.2 Å². The van der Waals surface area contributed by atoms with E-state index in [1.807, 2.05) is 0 Å². The Hall–Kier alpha value is -2.13. The van der Waals surface area contributed by atoms with Gasteiger partial charge in [0.2, 0.25) is 10.0 Å². The average Bonchev–Trinajstić information content (AvgIpc) is 2.63. The van der Waals surface area contributed by atoms with Crippen LogP contribution in [0.5, 0.6) is 0 Å². The van der Waals surface area contributed by atoms with Gasteiger partial charge in [0.1, 0.15) is 0 Å². The van der Waals surface area contributed by atoms with Gasteiger partial charge in [-0.25, -0.2) is 12.7 Å². The molecule has 0 aliphatic heterocycles. The summed E-state index contributed by atoms with van der Waals surface area (Å²) in [6.45, 7) is -0.509. The molecule has 2 rings (SSSR count). The molecular formula is C18H18Cl2N2O5S. The number of hydrogen-bond donors (Lipinski definition) is 1. The summed E-state index contributed by atoms with van der Waals surface area (Å²) in [5.74, 6) is -1.21. The Morgan fingerprint density at radius 2 is 1.79 bits per heavy atom. The highest BCUT2D eigenvalue weighted by Crippen LogP contribution is 2.23. The molecule has 0 saturated carbocycles. The van der Waals surface area contributed by atoms with Gasteiger partial charge in [-0.3, -0.25) is 9.59 Å². The minimum atomic E-state index is -3.63. The van der Waals surface area contributed by atoms with Crippen molar-refractivity contribution in [3.05, 3.63) is 58.1 Å². The number of anilines is 1. The molecule has 0 bridgehead atoms. The van der Waals surface area contributed by atoms with Crippen LogP contribution in [0, 0.1) is 0 Å². The number of carbonyl (C=O) groups excluding carboxylic acids is 2. The number of esters is 1. The van der Waals surface area contributed by atoms with Crippen molar-refractivity contribution in [1.82, 2.24) is 4.31 Å². The molecule has 0 aliphatic rings. The predicted octanol–water partition coefficient (Wildman–Crippen LogP) is 2.97. The summed E-state index contributed by atoms with van der Waals surface area (Å²) >= 11 is 11.7. The van der Waals surface area contributed by atoms with Crippen molar-refractivity contribution in [1.29, 1.82) is 0 Å². The third-order valence-corrected chi connectivity index (χ3v) is 6.14. The fourth-order valence-electron chi connectivity index (χ4n) is 2.16. The number of sulfonamides is 1. The molecule has 1 N–H and O–H groups in total. The van der Waals surface area contributed by atoms with Gasteiger partial charge in [0.25, 0.3) is 5.91 Å². The zero-order valence-corrected chi connectivity index (χ0v) is 17.4. The van der Waals surface area contributed by atoms with Crippen LogP contribution in [0.1, 0.15) is 5.56 Å². The molecule has 0 radical (unpaired) electrons. The lowest BCUT2D eigenvalue weighted by molar-refractivity contribution is -0.146. The summed E-state index contributed by atoms with van der Waals surface area (Å²) < 4.78 is 30.3. The highest BCUT2D eigenvalue weighted by Gasteiger charge is 2.18. The molecule has 0 atom stereocenters. The number of rotatable bonds is 7. The van der Waals surface area contributed by atoms with Gasteiger partial charge in [-0.1, -0.05) is 35.3 Å². The van der Waals surface area contributed by atoms with Gasteiger partial charge in [-0.2, -0.15) is 0 Å². The lowest BCUT2D eigenvalue weighted by atomic mass is 10.1. The third-order valence-electron chi connectivity index (χ3n) is 3.59. The topological polar surface area (TPSA) is 92.8 Å². The summed E-state index contributed by atoms with van der Waals surface area (Å²) in [5, 5.41) is 3.18. The van der Waals surface area contributed by atoms with Crippen molar-refractivity contribution in [2.24, 2.45) is 0 Å². The van der Waals surface area contributed by atoms with E-state index < -0.39 is 28.5 Å². The van der Waals surface area contributed by atoms with Gasteiger partial charge in [0, 0.05) is 19.8 Å². The standard InChI is InChI=1S/C18H18Cl2N2O5S/c1-22(2)28(25,26)14-5-3-4-13(10-14)21-17(23)11-27-18(24)9-12-6-7-15(19)16(20)8-12/h3-8,10H,9,11H2,1-2H3,(H,21,23). The normalized spacial score (nSPS) is 11.3. The van der Waals surface area contributed by atoms with Crippen LogP contribution in [0.15, 0.2) is 47.4 Å². The van der Waals surface area contributed by atoms with Gasteiger partial charge < -0.3 is 10.1 Å². The van der Waals surface area contributed by atoms with Crippen LogP contribution in [-0.2, 0) is 30.8 Å². The van der Waals surface area contributed by atoms with Crippen LogP contribution in [0.2, 0.25) is 10.0 Å². The van der Waals surface area contributed by atoms with E-state index in [4.69, 9.17) is 27.9 Å². The molecule has 0 fully saturated rings. The number of carbonyl (C=O) groups is 2. The Kier molecular flexibility index (Phi) is 7.42. The maximum Gasteiger partial charge on any atom is 0.310 e. The fourth-order valence-corrected chi connectivity index (χ4v) is 3.42. The van der Waals surface area contributed by atoms with Crippen LogP contribution in [-0.4, -0.2) is 45.3 Å². The minimum absolute atomic E-state index is 0.0342. The highest BCUT2D eigenvalue weighted by molar-refractivity contribution is 7.89. The Morgan fingerprint density at radius 3 is 2.43 bits per heavy atom. The molecule has 7 nitrogen and oxygen atoms in total. The maximum absolute atomic E-state index is 12.1. The first-order valence-corrected chi connectivity index (χ1v) is 10.2. The number of amides is 1. The molecule has 0 saturated heterocycles. The molecule has 0 spiro atoms. The van der Waals surface area contributed by atoms with Crippen LogP contribution < -0.4 is 5.32 Å². The van der Waals surface area contributed by atoms with Crippen molar-refractivity contribution < 1.29 is 22.7 Å². The van der Waals surface area contributed by atoms with E-state index in [-0.39, 0.29) is 17.0 Å². The van der Waals surface area contributed by atoms with E-state index in [0.717, 1.165) is 4.31 Å². The first-order valence-electron chi connectivity index (χ1n) is 8.01. The molecule has 1 amide bonds. The number of nitrogens with one attached hydrogen (secondary N) is 1. The monoisotopic (exact) mass is 444 g/mol. The van der Waals surface area contributed by atoms with Crippen LogP contribution in [0.25, 0.3) is 0 Å². The first-order chi connectivity index (χ1) is 13.1. The molecule has 150 valence electrons. The second-order valence-electron chi connectivity index (χ2n) is 5.95. The van der Waals surface area contributed by atoms with Crippen molar-refractivity contribution in [2.45, 2.75) is 11.3 Å². The number of hydrogen-bond acceptors (Lipinski definition) is 5. The van der Waals surface area contributed by atoms with E-state index >= 15 is 0 Å². The number of benzene rings is 2. The van der Waals surface area contributed by atoms with Crippen molar-refractivity contribution in [3.63, 3.8) is 0 Å². The van der Waals surface area contributed by atoms with E-state index in [2.05, 4.69) is 5.32 Å². The number of nitrogens with zero attached hydrogens (tertiary/aromatic N) is 1. The van der Waals surface area contributed by atoms with Crippen molar-refractivity contribution in [2.75, 3.05) is 26.0 Å². The summed E-state index contributed by atoms with van der Waals surface area (Å²) in [4.78, 5) is 23.9. The largest absolute Gasteiger partial charge is 0.455 e. The quantitative estimate of drug-likeness (QED) is 0.662. The van der Waals surface area contributed by atoms with Crippen LogP contribution in [0.3, 0.4) is 0 Å². The molecule has 28 heavy (non-hydrogen) atoms. The summed E-state index contributed by atoms with van der Waals surface area (Å²) in [6.07, 6.45) is -0.0687. The van der Waals surface area contributed by atoms with Gasteiger partial charge in [-0.15, -0.1) is 0 Å². The molecule has 0 aliphatic carbocycles. The predicted molar refractivity (Wildman–Crippen MR) is 107 cm³/mol.